The second-order valence-corrected chi connectivity index (χ2v) is 5.95. The average molecular weight is 319 g/mol. The van der Waals surface area contributed by atoms with E-state index in [0.29, 0.717) is 4.91 Å². The van der Waals surface area contributed by atoms with Crippen molar-refractivity contribution in [1.29, 1.82) is 0 Å². The number of carbonyl (C=O) groups excluding carboxylic acids is 2. The van der Waals surface area contributed by atoms with E-state index >= 15 is 0 Å². The molecule has 3 nitrogen and oxygen atoms in total. The van der Waals surface area contributed by atoms with Gasteiger partial charge in [0.15, 0.2) is 0 Å². The average Bonchev–Trinajstić information content (AvgIpc) is 2.84. The fourth-order valence-electron chi connectivity index (χ4n) is 2.28. The van der Waals surface area contributed by atoms with Crippen molar-refractivity contribution in [2.75, 3.05) is 6.54 Å². The highest BCUT2D eigenvalue weighted by atomic mass is 32.2. The predicted molar refractivity (Wildman–Crippen MR) is 93.4 cm³/mol. The van der Waals surface area contributed by atoms with Crippen molar-refractivity contribution in [2.45, 2.75) is 0 Å². The van der Waals surface area contributed by atoms with Crippen molar-refractivity contribution in [3.05, 3.63) is 65.1 Å². The molecule has 1 heterocycles. The van der Waals surface area contributed by atoms with Crippen LogP contribution < -0.4 is 0 Å². The molecule has 0 aromatic heterocycles. The highest BCUT2D eigenvalue weighted by molar-refractivity contribution is 8.18. The van der Waals surface area contributed by atoms with E-state index in [0.717, 1.165) is 33.4 Å². The summed E-state index contributed by atoms with van der Waals surface area (Å²) in [5, 5.41) is -0.319. The van der Waals surface area contributed by atoms with Crippen LogP contribution in [0.5, 0.6) is 0 Å². The van der Waals surface area contributed by atoms with Gasteiger partial charge in [-0.25, -0.2) is 0 Å². The van der Waals surface area contributed by atoms with Crippen LogP contribution in [0.1, 0.15) is 5.56 Å². The Morgan fingerprint density at radius 3 is 2.30 bits per heavy atom. The van der Waals surface area contributed by atoms with Crippen LogP contribution in [0.25, 0.3) is 17.2 Å². The summed E-state index contributed by atoms with van der Waals surface area (Å²) in [6.45, 7) is 0.00888. The van der Waals surface area contributed by atoms with Gasteiger partial charge < -0.3 is 0 Å². The molecule has 1 aliphatic rings. The molecule has 0 atom stereocenters. The van der Waals surface area contributed by atoms with Crippen LogP contribution in [-0.4, -0.2) is 22.6 Å². The molecule has 4 heteroatoms. The number of hydrogen-bond donors (Lipinski definition) is 0. The molecule has 2 aromatic rings. The molecule has 0 N–H and O–H groups in total. The van der Waals surface area contributed by atoms with E-state index in [1.165, 1.54) is 0 Å². The molecule has 112 valence electrons. The molecule has 23 heavy (non-hydrogen) atoms. The summed E-state index contributed by atoms with van der Waals surface area (Å²) in [5.74, 6) is 2.00. The monoisotopic (exact) mass is 319 g/mol. The first-order chi connectivity index (χ1) is 11.2. The molecule has 0 saturated carbocycles. The van der Waals surface area contributed by atoms with Gasteiger partial charge in [0.25, 0.3) is 11.1 Å². The molecule has 1 saturated heterocycles. The van der Waals surface area contributed by atoms with Crippen LogP contribution in [-0.2, 0) is 4.79 Å². The maximum absolute atomic E-state index is 12.1. The van der Waals surface area contributed by atoms with Crippen molar-refractivity contribution in [1.82, 2.24) is 4.90 Å². The number of nitrogens with zero attached hydrogens (tertiary/aromatic N) is 1. The first-order valence-corrected chi connectivity index (χ1v) is 7.85. The molecule has 1 fully saturated rings. The summed E-state index contributed by atoms with van der Waals surface area (Å²) in [4.78, 5) is 25.3. The summed E-state index contributed by atoms with van der Waals surface area (Å²) in [7, 11) is 0. The Labute approximate surface area is 139 Å². The van der Waals surface area contributed by atoms with Gasteiger partial charge in [-0.15, -0.1) is 6.42 Å². The summed E-state index contributed by atoms with van der Waals surface area (Å²) >= 11 is 0.920. The molecule has 2 aromatic carbocycles. The van der Waals surface area contributed by atoms with Gasteiger partial charge in [0.1, 0.15) is 0 Å². The van der Waals surface area contributed by atoms with Crippen LogP contribution in [0, 0.1) is 12.3 Å². The van der Waals surface area contributed by atoms with E-state index in [1.807, 2.05) is 54.6 Å². The Balaban J connectivity index is 1.83. The zero-order chi connectivity index (χ0) is 16.2. The Kier molecular flexibility index (Phi) is 4.31. The zero-order valence-electron chi connectivity index (χ0n) is 12.2. The van der Waals surface area contributed by atoms with Crippen LogP contribution in [0.15, 0.2) is 59.5 Å². The van der Waals surface area contributed by atoms with Gasteiger partial charge in [0.2, 0.25) is 0 Å². The molecule has 2 amide bonds. The van der Waals surface area contributed by atoms with E-state index in [2.05, 4.69) is 5.92 Å². The van der Waals surface area contributed by atoms with Gasteiger partial charge in [-0.2, -0.15) is 0 Å². The molecule has 0 spiro atoms. The van der Waals surface area contributed by atoms with Crippen LogP contribution in [0.3, 0.4) is 0 Å². The second-order valence-electron chi connectivity index (χ2n) is 4.96. The summed E-state index contributed by atoms with van der Waals surface area (Å²) in [5.41, 5.74) is 3.10. The Hall–Kier alpha value is -2.77. The fourth-order valence-corrected chi connectivity index (χ4v) is 3.12. The molecule has 3 rings (SSSR count). The van der Waals surface area contributed by atoms with Gasteiger partial charge in [0, 0.05) is 0 Å². The maximum atomic E-state index is 12.1. The lowest BCUT2D eigenvalue weighted by molar-refractivity contribution is -0.122. The minimum absolute atomic E-state index is 0.00888. The molecule has 0 radical (unpaired) electrons. The van der Waals surface area contributed by atoms with E-state index in [4.69, 9.17) is 6.42 Å². The quantitative estimate of drug-likeness (QED) is 0.633. The lowest BCUT2D eigenvalue weighted by Crippen LogP contribution is -2.28. The fraction of sp³-hybridized carbons (Fsp3) is 0.0526. The number of imide groups is 1. The van der Waals surface area contributed by atoms with E-state index in [-0.39, 0.29) is 17.7 Å². The molecular weight excluding hydrogens is 306 g/mol. The highest BCUT2D eigenvalue weighted by Crippen LogP contribution is 2.32. The lowest BCUT2D eigenvalue weighted by Gasteiger charge is -2.06. The largest absolute Gasteiger partial charge is 0.294 e. The normalized spacial score (nSPS) is 16.0. The number of rotatable bonds is 3. The van der Waals surface area contributed by atoms with Crippen molar-refractivity contribution in [3.8, 4) is 23.5 Å². The number of amides is 2. The lowest BCUT2D eigenvalue weighted by atomic mass is 10.0. The van der Waals surface area contributed by atoms with Crippen molar-refractivity contribution >= 4 is 29.0 Å². The first kappa shape index (κ1) is 15.1. The second kappa shape index (κ2) is 6.55. The summed E-state index contributed by atoms with van der Waals surface area (Å²) < 4.78 is 0. The third kappa shape index (κ3) is 3.20. The SMILES string of the molecule is C#CCN1C(=O)S/C(=C/c2ccc(-c3ccccc3)cc2)C1=O. The highest BCUT2D eigenvalue weighted by Gasteiger charge is 2.34. The predicted octanol–water partition coefficient (Wildman–Crippen LogP) is 4.02. The molecule has 1 aliphatic heterocycles. The van der Waals surface area contributed by atoms with Crippen molar-refractivity contribution < 1.29 is 9.59 Å². The van der Waals surface area contributed by atoms with Gasteiger partial charge in [-0.1, -0.05) is 60.5 Å². The number of thioether (sulfide) groups is 1. The number of benzene rings is 2. The summed E-state index contributed by atoms with van der Waals surface area (Å²) in [6, 6.07) is 17.9. The van der Waals surface area contributed by atoms with Gasteiger partial charge in [-0.05, 0) is 34.5 Å². The molecule has 0 aliphatic carbocycles. The van der Waals surface area contributed by atoms with E-state index in [1.54, 1.807) is 6.08 Å². The number of terminal acetylenes is 1. The molecule has 0 unspecified atom stereocenters. The van der Waals surface area contributed by atoms with Gasteiger partial charge >= 0.3 is 0 Å². The van der Waals surface area contributed by atoms with E-state index < -0.39 is 0 Å². The zero-order valence-corrected chi connectivity index (χ0v) is 13.0. The molecule has 0 bridgehead atoms. The maximum Gasteiger partial charge on any atom is 0.294 e. The standard InChI is InChI=1S/C19H13NO2S/c1-2-12-20-18(21)17(23-19(20)22)13-14-8-10-16(11-9-14)15-6-4-3-5-7-15/h1,3-11,13H,12H2/b17-13+. The smallest absolute Gasteiger partial charge is 0.268 e. The van der Waals surface area contributed by atoms with Gasteiger partial charge in [0.05, 0.1) is 11.4 Å². The van der Waals surface area contributed by atoms with Gasteiger partial charge in [-0.3, -0.25) is 14.5 Å². The first-order valence-electron chi connectivity index (χ1n) is 7.03. The van der Waals surface area contributed by atoms with E-state index in [9.17, 15) is 9.59 Å². The van der Waals surface area contributed by atoms with Crippen LogP contribution in [0.4, 0.5) is 4.79 Å². The van der Waals surface area contributed by atoms with Crippen molar-refractivity contribution in [3.63, 3.8) is 0 Å². The Bertz CT molecular complexity index is 817. The molecular formula is C19H13NO2S. The number of hydrogen-bond acceptors (Lipinski definition) is 3. The Morgan fingerprint density at radius 2 is 1.65 bits per heavy atom. The Morgan fingerprint density at radius 1 is 1.00 bits per heavy atom. The number of carbonyl (C=O) groups is 2. The minimum atomic E-state index is -0.329. The van der Waals surface area contributed by atoms with Crippen LogP contribution in [0.2, 0.25) is 0 Å². The minimum Gasteiger partial charge on any atom is -0.268 e. The van der Waals surface area contributed by atoms with Crippen LogP contribution >= 0.6 is 11.8 Å². The third-order valence-corrected chi connectivity index (χ3v) is 4.35. The van der Waals surface area contributed by atoms with Crippen molar-refractivity contribution in [2.24, 2.45) is 0 Å². The third-order valence-electron chi connectivity index (χ3n) is 3.44. The summed E-state index contributed by atoms with van der Waals surface area (Å²) in [6.07, 6.45) is 6.90. The topological polar surface area (TPSA) is 37.4 Å².